The molecule has 0 aliphatic rings. The summed E-state index contributed by atoms with van der Waals surface area (Å²) in [6, 6.07) is 2.84. The molecule has 0 aliphatic carbocycles. The minimum atomic E-state index is -3.74. The molecule has 1 aromatic heterocycles. The van der Waals surface area contributed by atoms with Crippen molar-refractivity contribution in [3.63, 3.8) is 0 Å². The molecule has 0 saturated heterocycles. The number of hydrogen-bond donors (Lipinski definition) is 2. The highest BCUT2D eigenvalue weighted by molar-refractivity contribution is 7.89. The molecule has 8 heteroatoms. The number of nitrogens with zero attached hydrogens (tertiary/aromatic N) is 1. The second kappa shape index (κ2) is 7.56. The summed E-state index contributed by atoms with van der Waals surface area (Å²) in [5, 5.41) is 2.61. The van der Waals surface area contributed by atoms with E-state index in [1.54, 1.807) is 0 Å². The molecular formula is C12H18ClN3O3S. The molecule has 0 bridgehead atoms. The molecule has 0 unspecified atom stereocenters. The fraction of sp³-hybridized carbons (Fsp3) is 0.500. The lowest BCUT2D eigenvalue weighted by Crippen LogP contribution is -2.32. The van der Waals surface area contributed by atoms with Crippen molar-refractivity contribution in [3.05, 3.63) is 23.5 Å². The zero-order valence-corrected chi connectivity index (χ0v) is 13.0. The third-order valence-corrected chi connectivity index (χ3v) is 4.27. The Morgan fingerprint density at radius 3 is 2.75 bits per heavy atom. The first-order valence-corrected chi connectivity index (χ1v) is 8.06. The van der Waals surface area contributed by atoms with Gasteiger partial charge in [-0.1, -0.05) is 25.4 Å². The van der Waals surface area contributed by atoms with E-state index >= 15 is 0 Å². The number of halogens is 1. The lowest BCUT2D eigenvalue weighted by atomic mass is 10.2. The van der Waals surface area contributed by atoms with Crippen molar-refractivity contribution < 1.29 is 13.2 Å². The van der Waals surface area contributed by atoms with Crippen LogP contribution >= 0.6 is 11.6 Å². The topological polar surface area (TPSA) is 88.2 Å². The Labute approximate surface area is 124 Å². The van der Waals surface area contributed by atoms with E-state index in [1.165, 1.54) is 18.3 Å². The first-order valence-electron chi connectivity index (χ1n) is 6.20. The van der Waals surface area contributed by atoms with Crippen molar-refractivity contribution in [2.45, 2.75) is 25.2 Å². The summed E-state index contributed by atoms with van der Waals surface area (Å²) in [6.07, 6.45) is 1.48. The van der Waals surface area contributed by atoms with Crippen LogP contribution in [0.5, 0.6) is 0 Å². The molecular weight excluding hydrogens is 302 g/mol. The van der Waals surface area contributed by atoms with Gasteiger partial charge in [-0.15, -0.1) is 0 Å². The number of rotatable bonds is 7. The normalized spacial score (nSPS) is 11.6. The van der Waals surface area contributed by atoms with Crippen LogP contribution in [-0.4, -0.2) is 32.4 Å². The maximum absolute atomic E-state index is 11.9. The molecule has 0 spiro atoms. The van der Waals surface area contributed by atoms with E-state index in [1.807, 2.05) is 13.8 Å². The fourth-order valence-corrected chi connectivity index (χ4v) is 2.84. The van der Waals surface area contributed by atoms with E-state index in [9.17, 15) is 13.2 Å². The Morgan fingerprint density at radius 1 is 1.45 bits per heavy atom. The zero-order valence-electron chi connectivity index (χ0n) is 11.4. The second-order valence-electron chi connectivity index (χ2n) is 4.64. The number of nitrogens with one attached hydrogen (secondary N) is 2. The van der Waals surface area contributed by atoms with Crippen LogP contribution in [0.25, 0.3) is 0 Å². The van der Waals surface area contributed by atoms with Crippen LogP contribution in [0.1, 0.15) is 20.3 Å². The fourth-order valence-electron chi connectivity index (χ4n) is 1.35. The molecule has 1 heterocycles. The van der Waals surface area contributed by atoms with Crippen LogP contribution in [0.15, 0.2) is 23.2 Å². The van der Waals surface area contributed by atoms with Gasteiger partial charge in [0, 0.05) is 25.7 Å². The molecule has 1 aromatic rings. The van der Waals surface area contributed by atoms with Crippen molar-refractivity contribution in [1.82, 2.24) is 15.0 Å². The van der Waals surface area contributed by atoms with Gasteiger partial charge in [-0.05, 0) is 18.1 Å². The largest absolute Gasteiger partial charge is 0.356 e. The Morgan fingerprint density at radius 2 is 2.15 bits per heavy atom. The number of amides is 1. The van der Waals surface area contributed by atoms with E-state index < -0.39 is 10.0 Å². The number of carbonyl (C=O) groups is 1. The lowest BCUT2D eigenvalue weighted by Gasteiger charge is -2.09. The molecule has 20 heavy (non-hydrogen) atoms. The lowest BCUT2D eigenvalue weighted by molar-refractivity contribution is -0.121. The summed E-state index contributed by atoms with van der Waals surface area (Å²) in [4.78, 5) is 15.1. The summed E-state index contributed by atoms with van der Waals surface area (Å²) in [5.74, 6) is 0.156. The Kier molecular flexibility index (Phi) is 6.38. The van der Waals surface area contributed by atoms with Crippen molar-refractivity contribution >= 4 is 27.5 Å². The van der Waals surface area contributed by atoms with Gasteiger partial charge in [0.15, 0.2) is 0 Å². The van der Waals surface area contributed by atoms with E-state index in [0.717, 1.165) is 0 Å². The molecule has 0 radical (unpaired) electrons. The summed E-state index contributed by atoms with van der Waals surface area (Å²) in [5.41, 5.74) is 0. The summed E-state index contributed by atoms with van der Waals surface area (Å²) in [6.45, 7) is 4.54. The van der Waals surface area contributed by atoms with Gasteiger partial charge in [0.05, 0.1) is 0 Å². The van der Waals surface area contributed by atoms with Crippen LogP contribution < -0.4 is 10.0 Å². The van der Waals surface area contributed by atoms with E-state index in [4.69, 9.17) is 11.6 Å². The Balaban J connectivity index is 2.49. The highest BCUT2D eigenvalue weighted by Crippen LogP contribution is 2.17. The molecule has 0 atom stereocenters. The number of sulfonamides is 1. The van der Waals surface area contributed by atoms with E-state index in [2.05, 4.69) is 15.0 Å². The summed E-state index contributed by atoms with van der Waals surface area (Å²) >= 11 is 5.73. The zero-order chi connectivity index (χ0) is 15.2. The monoisotopic (exact) mass is 319 g/mol. The quantitative estimate of drug-likeness (QED) is 0.739. The van der Waals surface area contributed by atoms with Gasteiger partial charge in [-0.2, -0.15) is 0 Å². The maximum atomic E-state index is 11.9. The van der Waals surface area contributed by atoms with Gasteiger partial charge in [0.25, 0.3) is 0 Å². The molecule has 0 saturated carbocycles. The van der Waals surface area contributed by atoms with Crippen molar-refractivity contribution in [2.24, 2.45) is 5.92 Å². The molecule has 2 N–H and O–H groups in total. The van der Waals surface area contributed by atoms with Gasteiger partial charge < -0.3 is 5.32 Å². The SMILES string of the molecule is CC(C)CNC(=O)CCNS(=O)(=O)c1cccnc1Cl. The third-order valence-electron chi connectivity index (χ3n) is 2.37. The van der Waals surface area contributed by atoms with Gasteiger partial charge in [0.2, 0.25) is 15.9 Å². The number of pyridine rings is 1. The van der Waals surface area contributed by atoms with Crippen molar-refractivity contribution in [2.75, 3.05) is 13.1 Å². The molecule has 0 aliphatic heterocycles. The van der Waals surface area contributed by atoms with Crippen LogP contribution in [0.4, 0.5) is 0 Å². The second-order valence-corrected chi connectivity index (χ2v) is 6.73. The Bertz CT molecular complexity index is 561. The van der Waals surface area contributed by atoms with Crippen LogP contribution in [0.3, 0.4) is 0 Å². The molecule has 0 aromatic carbocycles. The predicted molar refractivity (Wildman–Crippen MR) is 76.9 cm³/mol. The van der Waals surface area contributed by atoms with Crippen molar-refractivity contribution in [1.29, 1.82) is 0 Å². The highest BCUT2D eigenvalue weighted by Gasteiger charge is 2.18. The van der Waals surface area contributed by atoms with Crippen molar-refractivity contribution in [3.8, 4) is 0 Å². The standard InChI is InChI=1S/C12H18ClN3O3S/c1-9(2)8-15-11(17)5-7-16-20(18,19)10-4-3-6-14-12(10)13/h3-4,6,9,16H,5,7-8H2,1-2H3,(H,15,17). The van der Waals surface area contributed by atoms with Crippen LogP contribution in [-0.2, 0) is 14.8 Å². The number of hydrogen-bond acceptors (Lipinski definition) is 4. The van der Waals surface area contributed by atoms with Crippen LogP contribution in [0, 0.1) is 5.92 Å². The molecule has 6 nitrogen and oxygen atoms in total. The average Bonchev–Trinajstić information content (AvgIpc) is 2.36. The van der Waals surface area contributed by atoms with Gasteiger partial charge in [0.1, 0.15) is 10.0 Å². The molecule has 0 fully saturated rings. The molecule has 1 amide bonds. The molecule has 1 rings (SSSR count). The van der Waals surface area contributed by atoms with Gasteiger partial charge in [-0.25, -0.2) is 18.1 Å². The maximum Gasteiger partial charge on any atom is 0.243 e. The minimum Gasteiger partial charge on any atom is -0.356 e. The first-order chi connectivity index (χ1) is 9.33. The summed E-state index contributed by atoms with van der Waals surface area (Å²) < 4.78 is 26.2. The van der Waals surface area contributed by atoms with Gasteiger partial charge >= 0.3 is 0 Å². The van der Waals surface area contributed by atoms with E-state index in [-0.39, 0.29) is 28.9 Å². The first kappa shape index (κ1) is 16.9. The molecule has 112 valence electrons. The minimum absolute atomic E-state index is 0.0114. The Hall–Kier alpha value is -1.18. The van der Waals surface area contributed by atoms with E-state index in [0.29, 0.717) is 12.5 Å². The van der Waals surface area contributed by atoms with Crippen LogP contribution in [0.2, 0.25) is 5.15 Å². The average molecular weight is 320 g/mol. The van der Waals surface area contributed by atoms with Gasteiger partial charge in [-0.3, -0.25) is 4.79 Å². The highest BCUT2D eigenvalue weighted by atomic mass is 35.5. The number of aromatic nitrogens is 1. The smallest absolute Gasteiger partial charge is 0.243 e. The number of carbonyl (C=O) groups excluding carboxylic acids is 1. The predicted octanol–water partition coefficient (Wildman–Crippen LogP) is 1.18. The third kappa shape index (κ3) is 5.44. The summed E-state index contributed by atoms with van der Waals surface area (Å²) in [7, 11) is -3.74.